The number of aliphatic carboxylic acids is 1. The Kier molecular flexibility index (Phi) is 5.74. The van der Waals surface area contributed by atoms with Crippen LogP contribution < -0.4 is 5.32 Å². The number of rotatable bonds is 5. The van der Waals surface area contributed by atoms with Crippen LogP contribution in [0.5, 0.6) is 0 Å². The lowest BCUT2D eigenvalue weighted by molar-refractivity contribution is -0.139. The van der Waals surface area contributed by atoms with E-state index in [0.29, 0.717) is 6.42 Å². The van der Waals surface area contributed by atoms with Crippen molar-refractivity contribution < 1.29 is 19.4 Å². The van der Waals surface area contributed by atoms with E-state index < -0.39 is 18.1 Å². The summed E-state index contributed by atoms with van der Waals surface area (Å²) in [6.45, 7) is 7.20. The topological polar surface area (TPSA) is 75.6 Å². The van der Waals surface area contributed by atoms with Gasteiger partial charge in [-0.1, -0.05) is 13.8 Å². The fourth-order valence-electron chi connectivity index (χ4n) is 1.08. The zero-order valence-corrected chi connectivity index (χ0v) is 9.61. The Bertz CT molecular complexity index is 225. The van der Waals surface area contributed by atoms with Crippen molar-refractivity contribution >= 4 is 12.1 Å². The van der Waals surface area contributed by atoms with Crippen LogP contribution in [0.4, 0.5) is 4.79 Å². The molecule has 0 saturated carbocycles. The Hall–Kier alpha value is -1.26. The molecule has 0 radical (unpaired) electrons. The summed E-state index contributed by atoms with van der Waals surface area (Å²) in [4.78, 5) is 21.9. The minimum absolute atomic E-state index is 0.199. The van der Waals surface area contributed by atoms with Gasteiger partial charge in [0, 0.05) is 0 Å². The van der Waals surface area contributed by atoms with Crippen LogP contribution >= 0.6 is 0 Å². The Labute approximate surface area is 89.8 Å². The molecule has 5 heteroatoms. The zero-order chi connectivity index (χ0) is 12.0. The minimum Gasteiger partial charge on any atom is -0.480 e. The molecule has 0 saturated heterocycles. The largest absolute Gasteiger partial charge is 0.480 e. The first kappa shape index (κ1) is 13.7. The average molecular weight is 217 g/mol. The maximum atomic E-state index is 11.2. The van der Waals surface area contributed by atoms with E-state index in [0.717, 1.165) is 0 Å². The number of carbonyl (C=O) groups excluding carboxylic acids is 1. The van der Waals surface area contributed by atoms with Crippen molar-refractivity contribution in [3.63, 3.8) is 0 Å². The summed E-state index contributed by atoms with van der Waals surface area (Å²) in [5.74, 6) is -0.838. The number of ether oxygens (including phenoxy) is 1. The molecule has 88 valence electrons. The number of alkyl carbamates (subject to hydrolysis) is 1. The van der Waals surface area contributed by atoms with Gasteiger partial charge in [-0.15, -0.1) is 0 Å². The third-order valence-corrected chi connectivity index (χ3v) is 1.64. The van der Waals surface area contributed by atoms with Gasteiger partial charge in [-0.2, -0.15) is 0 Å². The molecule has 0 heterocycles. The van der Waals surface area contributed by atoms with E-state index in [1.54, 1.807) is 13.8 Å². The van der Waals surface area contributed by atoms with Crippen molar-refractivity contribution in [1.29, 1.82) is 0 Å². The Morgan fingerprint density at radius 3 is 2.13 bits per heavy atom. The smallest absolute Gasteiger partial charge is 0.408 e. The molecule has 0 aliphatic rings. The van der Waals surface area contributed by atoms with Gasteiger partial charge in [0.25, 0.3) is 0 Å². The maximum Gasteiger partial charge on any atom is 0.408 e. The quantitative estimate of drug-likeness (QED) is 0.733. The number of carboxylic acid groups (broad SMARTS) is 1. The lowest BCUT2D eigenvalue weighted by Gasteiger charge is -2.17. The highest BCUT2D eigenvalue weighted by atomic mass is 16.6. The summed E-state index contributed by atoms with van der Waals surface area (Å²) in [6, 6.07) is -0.878. The second-order valence-corrected chi connectivity index (χ2v) is 4.12. The summed E-state index contributed by atoms with van der Waals surface area (Å²) in [5, 5.41) is 11.2. The molecule has 0 spiro atoms. The monoisotopic (exact) mass is 217 g/mol. The summed E-state index contributed by atoms with van der Waals surface area (Å²) in [7, 11) is 0. The maximum absolute atomic E-state index is 11.2. The molecule has 15 heavy (non-hydrogen) atoms. The molecule has 0 aliphatic carbocycles. The molecule has 0 fully saturated rings. The van der Waals surface area contributed by atoms with E-state index in [-0.39, 0.29) is 12.0 Å². The van der Waals surface area contributed by atoms with Crippen LogP contribution in [0.25, 0.3) is 0 Å². The lowest BCUT2D eigenvalue weighted by Crippen LogP contribution is -2.42. The second kappa shape index (κ2) is 6.27. The third kappa shape index (κ3) is 6.76. The van der Waals surface area contributed by atoms with Gasteiger partial charge in [-0.25, -0.2) is 9.59 Å². The van der Waals surface area contributed by atoms with Gasteiger partial charge in [-0.3, -0.25) is 0 Å². The fourth-order valence-corrected chi connectivity index (χ4v) is 1.08. The van der Waals surface area contributed by atoms with Crippen LogP contribution in [0.2, 0.25) is 0 Å². The van der Waals surface area contributed by atoms with Crippen molar-refractivity contribution in [2.24, 2.45) is 5.92 Å². The molecule has 0 aromatic rings. The van der Waals surface area contributed by atoms with Gasteiger partial charge in [-0.05, 0) is 26.2 Å². The first-order valence-electron chi connectivity index (χ1n) is 5.02. The molecule has 5 nitrogen and oxygen atoms in total. The molecule has 1 amide bonds. The van der Waals surface area contributed by atoms with Crippen LogP contribution in [0.1, 0.15) is 34.1 Å². The molecule has 1 atom stereocenters. The Balaban J connectivity index is 4.16. The predicted molar refractivity (Wildman–Crippen MR) is 55.6 cm³/mol. The first-order chi connectivity index (χ1) is 6.82. The van der Waals surface area contributed by atoms with Crippen molar-refractivity contribution in [3.8, 4) is 0 Å². The number of amides is 1. The normalized spacial score (nSPS) is 12.7. The number of carboxylic acids is 1. The standard InChI is InChI=1S/C10H19NO4/c1-6(2)5-8(9(12)13)11-10(14)15-7(3)4/h6-8H,5H2,1-4H3,(H,11,14)(H,12,13). The van der Waals surface area contributed by atoms with E-state index in [1.807, 2.05) is 13.8 Å². The van der Waals surface area contributed by atoms with Gasteiger partial charge < -0.3 is 15.2 Å². The SMILES string of the molecule is CC(C)CC(NC(=O)OC(C)C)C(=O)O. The molecule has 0 aromatic carbocycles. The van der Waals surface area contributed by atoms with Crippen molar-refractivity contribution in [2.75, 3.05) is 0 Å². The van der Waals surface area contributed by atoms with Crippen molar-refractivity contribution in [1.82, 2.24) is 5.32 Å². The average Bonchev–Trinajstić information content (AvgIpc) is 1.99. The van der Waals surface area contributed by atoms with Crippen LogP contribution in [-0.4, -0.2) is 29.3 Å². The fraction of sp³-hybridized carbons (Fsp3) is 0.800. The number of nitrogens with one attached hydrogen (secondary N) is 1. The molecular formula is C10H19NO4. The number of hydrogen-bond acceptors (Lipinski definition) is 3. The Morgan fingerprint density at radius 1 is 1.27 bits per heavy atom. The highest BCUT2D eigenvalue weighted by Gasteiger charge is 2.21. The summed E-state index contributed by atoms with van der Waals surface area (Å²) >= 11 is 0. The number of hydrogen-bond donors (Lipinski definition) is 2. The summed E-state index contributed by atoms with van der Waals surface area (Å²) < 4.78 is 4.80. The van der Waals surface area contributed by atoms with Gasteiger partial charge in [0.2, 0.25) is 0 Å². The van der Waals surface area contributed by atoms with Crippen LogP contribution in [0.15, 0.2) is 0 Å². The Morgan fingerprint density at radius 2 is 1.80 bits per heavy atom. The summed E-state index contributed by atoms with van der Waals surface area (Å²) in [5.41, 5.74) is 0. The number of carbonyl (C=O) groups is 2. The highest BCUT2D eigenvalue weighted by molar-refractivity contribution is 5.79. The minimum atomic E-state index is -1.04. The van der Waals surface area contributed by atoms with E-state index >= 15 is 0 Å². The molecule has 1 unspecified atom stereocenters. The summed E-state index contributed by atoms with van der Waals surface area (Å²) in [6.07, 6.45) is -0.542. The van der Waals surface area contributed by atoms with E-state index in [4.69, 9.17) is 9.84 Å². The molecule has 2 N–H and O–H groups in total. The van der Waals surface area contributed by atoms with Crippen LogP contribution in [0.3, 0.4) is 0 Å². The van der Waals surface area contributed by atoms with E-state index in [2.05, 4.69) is 5.32 Å². The van der Waals surface area contributed by atoms with Crippen molar-refractivity contribution in [3.05, 3.63) is 0 Å². The highest BCUT2D eigenvalue weighted by Crippen LogP contribution is 2.05. The van der Waals surface area contributed by atoms with Gasteiger partial charge in [0.1, 0.15) is 6.04 Å². The molecule has 0 aromatic heterocycles. The lowest BCUT2D eigenvalue weighted by atomic mass is 10.0. The zero-order valence-electron chi connectivity index (χ0n) is 9.61. The third-order valence-electron chi connectivity index (χ3n) is 1.64. The second-order valence-electron chi connectivity index (χ2n) is 4.12. The predicted octanol–water partition coefficient (Wildman–Crippen LogP) is 1.62. The van der Waals surface area contributed by atoms with Crippen LogP contribution in [0, 0.1) is 5.92 Å². The van der Waals surface area contributed by atoms with Crippen LogP contribution in [-0.2, 0) is 9.53 Å². The molecular weight excluding hydrogens is 198 g/mol. The van der Waals surface area contributed by atoms with E-state index in [1.165, 1.54) is 0 Å². The van der Waals surface area contributed by atoms with Gasteiger partial charge >= 0.3 is 12.1 Å². The first-order valence-corrected chi connectivity index (χ1v) is 5.02. The molecule has 0 rings (SSSR count). The van der Waals surface area contributed by atoms with Crippen molar-refractivity contribution in [2.45, 2.75) is 46.3 Å². The molecule has 0 bridgehead atoms. The van der Waals surface area contributed by atoms with E-state index in [9.17, 15) is 9.59 Å². The molecule has 0 aliphatic heterocycles. The van der Waals surface area contributed by atoms with Gasteiger partial charge in [0.05, 0.1) is 6.10 Å². The van der Waals surface area contributed by atoms with Gasteiger partial charge in [0.15, 0.2) is 0 Å².